The molecule has 0 aliphatic carbocycles. The number of benzene rings is 1. The summed E-state index contributed by atoms with van der Waals surface area (Å²) in [6.45, 7) is 1.77. The van der Waals surface area contributed by atoms with Crippen LogP contribution in [0.15, 0.2) is 18.2 Å². The van der Waals surface area contributed by atoms with Crippen molar-refractivity contribution in [3.63, 3.8) is 0 Å². The van der Waals surface area contributed by atoms with Gasteiger partial charge in [-0.3, -0.25) is 14.5 Å². The van der Waals surface area contributed by atoms with Gasteiger partial charge in [-0.25, -0.2) is 0 Å². The van der Waals surface area contributed by atoms with Gasteiger partial charge in [-0.2, -0.15) is 0 Å². The number of rotatable bonds is 0. The lowest BCUT2D eigenvalue weighted by atomic mass is 9.98. The standard InChI is InChI=1S/C11H12N2O2/c1-7(14)13-6-8-2-3-10(12)4-9(8)5-11(13)15/h2-4H,5-6,12H2,1H3. The minimum Gasteiger partial charge on any atom is -0.399 e. The zero-order valence-corrected chi connectivity index (χ0v) is 8.49. The average molecular weight is 204 g/mol. The molecule has 4 nitrogen and oxygen atoms in total. The minimum atomic E-state index is -0.206. The molecule has 0 saturated carbocycles. The summed E-state index contributed by atoms with van der Waals surface area (Å²) in [5, 5.41) is 0. The third-order valence-electron chi connectivity index (χ3n) is 2.58. The van der Waals surface area contributed by atoms with E-state index in [1.165, 1.54) is 11.8 Å². The van der Waals surface area contributed by atoms with E-state index in [9.17, 15) is 9.59 Å². The van der Waals surface area contributed by atoms with Gasteiger partial charge in [-0.05, 0) is 23.3 Å². The van der Waals surface area contributed by atoms with Crippen LogP contribution in [0.25, 0.3) is 0 Å². The highest BCUT2D eigenvalue weighted by Gasteiger charge is 2.25. The molecule has 1 aliphatic rings. The van der Waals surface area contributed by atoms with Gasteiger partial charge in [-0.15, -0.1) is 0 Å². The SMILES string of the molecule is CC(=O)N1Cc2ccc(N)cc2CC1=O. The number of nitrogens with two attached hydrogens (primary N) is 1. The summed E-state index contributed by atoms with van der Waals surface area (Å²) in [5.74, 6) is -0.358. The van der Waals surface area contributed by atoms with Crippen LogP contribution in [0.4, 0.5) is 5.69 Å². The van der Waals surface area contributed by atoms with Gasteiger partial charge < -0.3 is 5.73 Å². The molecule has 0 radical (unpaired) electrons. The van der Waals surface area contributed by atoms with Crippen molar-refractivity contribution in [1.82, 2.24) is 4.90 Å². The molecule has 1 aromatic rings. The van der Waals surface area contributed by atoms with E-state index in [0.717, 1.165) is 11.1 Å². The number of nitrogens with zero attached hydrogens (tertiary/aromatic N) is 1. The molecule has 1 aromatic carbocycles. The van der Waals surface area contributed by atoms with E-state index in [-0.39, 0.29) is 18.2 Å². The second-order valence-corrected chi connectivity index (χ2v) is 3.70. The topological polar surface area (TPSA) is 63.4 Å². The van der Waals surface area contributed by atoms with E-state index >= 15 is 0 Å². The fourth-order valence-electron chi connectivity index (χ4n) is 1.77. The highest BCUT2D eigenvalue weighted by atomic mass is 16.2. The molecular formula is C11H12N2O2. The first-order valence-electron chi connectivity index (χ1n) is 4.76. The predicted molar refractivity (Wildman–Crippen MR) is 55.8 cm³/mol. The maximum atomic E-state index is 11.6. The van der Waals surface area contributed by atoms with Crippen LogP contribution >= 0.6 is 0 Å². The Morgan fingerprint density at radius 3 is 2.80 bits per heavy atom. The second kappa shape index (κ2) is 3.38. The van der Waals surface area contributed by atoms with Crippen molar-refractivity contribution in [3.05, 3.63) is 29.3 Å². The molecule has 2 N–H and O–H groups in total. The molecule has 0 atom stereocenters. The van der Waals surface area contributed by atoms with E-state index in [2.05, 4.69) is 0 Å². The summed E-state index contributed by atoms with van der Waals surface area (Å²) in [4.78, 5) is 24.0. The molecule has 78 valence electrons. The third kappa shape index (κ3) is 1.70. The van der Waals surface area contributed by atoms with Crippen LogP contribution in [-0.2, 0) is 22.6 Å². The Morgan fingerprint density at radius 1 is 1.40 bits per heavy atom. The molecule has 15 heavy (non-hydrogen) atoms. The number of hydrogen-bond acceptors (Lipinski definition) is 3. The number of nitrogen functional groups attached to an aromatic ring is 1. The van der Waals surface area contributed by atoms with Gasteiger partial charge in [0.15, 0.2) is 0 Å². The van der Waals surface area contributed by atoms with Crippen LogP contribution in [0.5, 0.6) is 0 Å². The first kappa shape index (κ1) is 9.71. The Morgan fingerprint density at radius 2 is 2.13 bits per heavy atom. The summed E-state index contributed by atoms with van der Waals surface area (Å²) in [5.41, 5.74) is 8.21. The number of carbonyl (C=O) groups excluding carboxylic acids is 2. The number of imide groups is 1. The highest BCUT2D eigenvalue weighted by molar-refractivity contribution is 5.96. The molecule has 4 heteroatoms. The number of hydrogen-bond donors (Lipinski definition) is 1. The lowest BCUT2D eigenvalue weighted by molar-refractivity contribution is -0.144. The van der Waals surface area contributed by atoms with E-state index in [1.807, 2.05) is 6.07 Å². The molecule has 2 rings (SSSR count). The molecule has 1 heterocycles. The van der Waals surface area contributed by atoms with Gasteiger partial charge in [0.05, 0.1) is 13.0 Å². The monoisotopic (exact) mass is 204 g/mol. The maximum absolute atomic E-state index is 11.6. The van der Waals surface area contributed by atoms with Crippen LogP contribution in [0, 0.1) is 0 Å². The van der Waals surface area contributed by atoms with Crippen LogP contribution in [0.1, 0.15) is 18.1 Å². The van der Waals surface area contributed by atoms with E-state index < -0.39 is 0 Å². The normalized spacial score (nSPS) is 15.0. The van der Waals surface area contributed by atoms with Crippen LogP contribution in [0.2, 0.25) is 0 Å². The second-order valence-electron chi connectivity index (χ2n) is 3.70. The van der Waals surface area contributed by atoms with Crippen molar-refractivity contribution in [3.8, 4) is 0 Å². The molecule has 0 spiro atoms. The Kier molecular flexibility index (Phi) is 2.19. The maximum Gasteiger partial charge on any atom is 0.233 e. The van der Waals surface area contributed by atoms with E-state index in [0.29, 0.717) is 12.2 Å². The molecular weight excluding hydrogens is 192 g/mol. The summed E-state index contributed by atoms with van der Waals surface area (Å²) in [6.07, 6.45) is 0.264. The predicted octanol–water partition coefficient (Wildman–Crippen LogP) is 0.700. The number of anilines is 1. The van der Waals surface area contributed by atoms with Crippen molar-refractivity contribution in [2.75, 3.05) is 5.73 Å². The van der Waals surface area contributed by atoms with Gasteiger partial charge >= 0.3 is 0 Å². The Bertz CT molecular complexity index is 440. The Labute approximate surface area is 87.7 Å². The number of fused-ring (bicyclic) bond motifs is 1. The van der Waals surface area contributed by atoms with Crippen molar-refractivity contribution in [1.29, 1.82) is 0 Å². The molecule has 0 aromatic heterocycles. The number of amides is 2. The summed E-state index contributed by atoms with van der Waals surface area (Å²) < 4.78 is 0. The highest BCUT2D eigenvalue weighted by Crippen LogP contribution is 2.21. The average Bonchev–Trinajstić information content (AvgIpc) is 2.15. The van der Waals surface area contributed by atoms with Gasteiger partial charge in [0.25, 0.3) is 0 Å². The molecule has 0 saturated heterocycles. The van der Waals surface area contributed by atoms with Crippen LogP contribution in [-0.4, -0.2) is 16.7 Å². The zero-order chi connectivity index (χ0) is 11.0. The lowest BCUT2D eigenvalue weighted by Gasteiger charge is -2.26. The van der Waals surface area contributed by atoms with Crippen LogP contribution < -0.4 is 5.73 Å². The lowest BCUT2D eigenvalue weighted by Crippen LogP contribution is -2.39. The largest absolute Gasteiger partial charge is 0.399 e. The quantitative estimate of drug-likeness (QED) is 0.633. The van der Waals surface area contributed by atoms with Gasteiger partial charge in [0.2, 0.25) is 11.8 Å². The smallest absolute Gasteiger partial charge is 0.233 e. The molecule has 0 fully saturated rings. The van der Waals surface area contributed by atoms with Gasteiger partial charge in [0.1, 0.15) is 0 Å². The summed E-state index contributed by atoms with van der Waals surface area (Å²) >= 11 is 0. The van der Waals surface area contributed by atoms with Crippen molar-refractivity contribution >= 4 is 17.5 Å². The number of carbonyl (C=O) groups is 2. The Balaban J connectivity index is 2.38. The third-order valence-corrected chi connectivity index (χ3v) is 2.58. The molecule has 0 unspecified atom stereocenters. The van der Waals surface area contributed by atoms with Crippen molar-refractivity contribution in [2.24, 2.45) is 0 Å². The first-order chi connectivity index (χ1) is 7.08. The van der Waals surface area contributed by atoms with E-state index in [4.69, 9.17) is 5.73 Å². The minimum absolute atomic E-state index is 0.152. The fraction of sp³-hybridized carbons (Fsp3) is 0.273. The van der Waals surface area contributed by atoms with Gasteiger partial charge in [-0.1, -0.05) is 6.07 Å². The van der Waals surface area contributed by atoms with Crippen molar-refractivity contribution < 1.29 is 9.59 Å². The van der Waals surface area contributed by atoms with Crippen LogP contribution in [0.3, 0.4) is 0 Å². The van der Waals surface area contributed by atoms with Crippen molar-refractivity contribution in [2.45, 2.75) is 19.9 Å². The van der Waals surface area contributed by atoms with Gasteiger partial charge in [0, 0.05) is 12.6 Å². The first-order valence-corrected chi connectivity index (χ1v) is 4.76. The zero-order valence-electron chi connectivity index (χ0n) is 8.49. The summed E-state index contributed by atoms with van der Waals surface area (Å²) in [7, 11) is 0. The molecule has 0 bridgehead atoms. The fourth-order valence-corrected chi connectivity index (χ4v) is 1.77. The summed E-state index contributed by atoms with van der Waals surface area (Å²) in [6, 6.07) is 5.45. The molecule has 2 amide bonds. The Hall–Kier alpha value is -1.84. The molecule has 1 aliphatic heterocycles. The van der Waals surface area contributed by atoms with E-state index in [1.54, 1.807) is 12.1 Å².